The minimum absolute atomic E-state index is 0.000486. The second kappa shape index (κ2) is 10.6. The third-order valence-electron chi connectivity index (χ3n) is 3.40. The van der Waals surface area contributed by atoms with Crippen molar-refractivity contribution in [2.45, 2.75) is 91.5 Å². The smallest absolute Gasteiger partial charge is 0.305 e. The van der Waals surface area contributed by atoms with Gasteiger partial charge in [0.2, 0.25) is 5.91 Å². The van der Waals surface area contributed by atoms with Crippen molar-refractivity contribution in [3.63, 3.8) is 0 Å². The molecule has 0 bridgehead atoms. The summed E-state index contributed by atoms with van der Waals surface area (Å²) >= 11 is 0. The van der Waals surface area contributed by atoms with Crippen LogP contribution < -0.4 is 5.32 Å². The van der Waals surface area contributed by atoms with Crippen LogP contribution in [0.2, 0.25) is 0 Å². The van der Waals surface area contributed by atoms with Gasteiger partial charge in [0.15, 0.2) is 0 Å². The molecule has 1 amide bonds. The second-order valence-corrected chi connectivity index (χ2v) is 7.14. The Morgan fingerprint density at radius 2 is 1.62 bits per heavy atom. The van der Waals surface area contributed by atoms with E-state index in [1.807, 2.05) is 0 Å². The lowest BCUT2D eigenvalue weighted by Gasteiger charge is -2.25. The zero-order chi connectivity index (χ0) is 16.3. The Morgan fingerprint density at radius 1 is 1.05 bits per heavy atom. The molecule has 0 aromatic carbocycles. The average molecular weight is 299 g/mol. The Labute approximate surface area is 129 Å². The van der Waals surface area contributed by atoms with E-state index in [0.717, 1.165) is 12.8 Å². The first-order valence-electron chi connectivity index (χ1n) is 8.25. The number of nitrogens with one attached hydrogen (secondary N) is 1. The predicted molar refractivity (Wildman–Crippen MR) is 86.2 cm³/mol. The van der Waals surface area contributed by atoms with Crippen LogP contribution >= 0.6 is 0 Å². The number of carbonyl (C=O) groups excluding carboxylic acids is 1. The fourth-order valence-corrected chi connectivity index (χ4v) is 2.49. The molecule has 1 atom stereocenters. The zero-order valence-electron chi connectivity index (χ0n) is 14.2. The molecule has 4 nitrogen and oxygen atoms in total. The SMILES string of the molecule is CCCCCCCCC(=O)NC(CC(=O)O)CC(C)(C)C. The van der Waals surface area contributed by atoms with Crippen molar-refractivity contribution in [2.24, 2.45) is 5.41 Å². The van der Waals surface area contributed by atoms with Crippen LogP contribution in [0, 0.1) is 5.41 Å². The third-order valence-corrected chi connectivity index (χ3v) is 3.40. The number of carboxylic acid groups (broad SMARTS) is 1. The van der Waals surface area contributed by atoms with Gasteiger partial charge in [-0.3, -0.25) is 9.59 Å². The van der Waals surface area contributed by atoms with Gasteiger partial charge in [0.25, 0.3) is 0 Å². The van der Waals surface area contributed by atoms with Crippen molar-refractivity contribution in [3.8, 4) is 0 Å². The van der Waals surface area contributed by atoms with Gasteiger partial charge in [0.1, 0.15) is 0 Å². The summed E-state index contributed by atoms with van der Waals surface area (Å²) in [4.78, 5) is 22.8. The van der Waals surface area contributed by atoms with E-state index in [0.29, 0.717) is 12.8 Å². The number of amides is 1. The summed E-state index contributed by atoms with van der Waals surface area (Å²) in [5.74, 6) is -0.870. The van der Waals surface area contributed by atoms with E-state index in [2.05, 4.69) is 33.0 Å². The van der Waals surface area contributed by atoms with Crippen molar-refractivity contribution in [1.29, 1.82) is 0 Å². The van der Waals surface area contributed by atoms with Crippen LogP contribution in [0.25, 0.3) is 0 Å². The van der Waals surface area contributed by atoms with Crippen LogP contribution in [-0.4, -0.2) is 23.0 Å². The first-order chi connectivity index (χ1) is 9.74. The summed E-state index contributed by atoms with van der Waals surface area (Å²) in [6.07, 6.45) is 8.07. The maximum Gasteiger partial charge on any atom is 0.305 e. The number of hydrogen-bond acceptors (Lipinski definition) is 2. The summed E-state index contributed by atoms with van der Waals surface area (Å²) in [6.45, 7) is 8.36. The predicted octanol–water partition coefficient (Wildman–Crippen LogP) is 4.13. The molecule has 0 aliphatic carbocycles. The molecule has 0 aliphatic heterocycles. The van der Waals surface area contributed by atoms with Gasteiger partial charge >= 0.3 is 5.97 Å². The highest BCUT2D eigenvalue weighted by Gasteiger charge is 2.22. The Balaban J connectivity index is 4.01. The standard InChI is InChI=1S/C17H33NO3/c1-5-6-7-8-9-10-11-15(19)18-14(12-16(20)21)13-17(2,3)4/h14H,5-13H2,1-4H3,(H,18,19)(H,20,21). The van der Waals surface area contributed by atoms with Gasteiger partial charge in [0, 0.05) is 12.5 Å². The molecule has 0 heterocycles. The number of rotatable bonds is 11. The Hall–Kier alpha value is -1.06. The van der Waals surface area contributed by atoms with E-state index in [9.17, 15) is 9.59 Å². The normalized spacial score (nSPS) is 13.0. The molecular formula is C17H33NO3. The van der Waals surface area contributed by atoms with Crippen molar-refractivity contribution in [3.05, 3.63) is 0 Å². The lowest BCUT2D eigenvalue weighted by Crippen LogP contribution is -2.38. The van der Waals surface area contributed by atoms with Crippen LogP contribution in [0.4, 0.5) is 0 Å². The van der Waals surface area contributed by atoms with Gasteiger partial charge in [-0.05, 0) is 18.3 Å². The van der Waals surface area contributed by atoms with Gasteiger partial charge in [0.05, 0.1) is 6.42 Å². The summed E-state index contributed by atoms with van der Waals surface area (Å²) in [5.41, 5.74) is 0.00749. The highest BCUT2D eigenvalue weighted by atomic mass is 16.4. The molecule has 21 heavy (non-hydrogen) atoms. The van der Waals surface area contributed by atoms with Crippen molar-refractivity contribution >= 4 is 11.9 Å². The van der Waals surface area contributed by atoms with Gasteiger partial charge in [-0.2, -0.15) is 0 Å². The number of carboxylic acids is 1. The number of unbranched alkanes of at least 4 members (excludes halogenated alkanes) is 5. The first kappa shape index (κ1) is 19.9. The first-order valence-corrected chi connectivity index (χ1v) is 8.25. The third kappa shape index (κ3) is 13.7. The van der Waals surface area contributed by atoms with Crippen molar-refractivity contribution < 1.29 is 14.7 Å². The fourth-order valence-electron chi connectivity index (χ4n) is 2.49. The summed E-state index contributed by atoms with van der Waals surface area (Å²) < 4.78 is 0. The fraction of sp³-hybridized carbons (Fsp3) is 0.882. The van der Waals surface area contributed by atoms with E-state index in [4.69, 9.17) is 5.11 Å². The lowest BCUT2D eigenvalue weighted by atomic mass is 9.87. The van der Waals surface area contributed by atoms with Crippen LogP contribution in [0.1, 0.15) is 85.5 Å². The average Bonchev–Trinajstić information content (AvgIpc) is 2.30. The molecule has 0 saturated heterocycles. The number of hydrogen-bond donors (Lipinski definition) is 2. The molecule has 0 fully saturated rings. The van der Waals surface area contributed by atoms with Crippen molar-refractivity contribution in [2.75, 3.05) is 0 Å². The molecule has 1 unspecified atom stereocenters. The van der Waals surface area contributed by atoms with Gasteiger partial charge < -0.3 is 10.4 Å². The molecule has 2 N–H and O–H groups in total. The van der Waals surface area contributed by atoms with E-state index in [1.54, 1.807) is 0 Å². The highest BCUT2D eigenvalue weighted by Crippen LogP contribution is 2.22. The molecule has 0 aromatic rings. The minimum Gasteiger partial charge on any atom is -0.481 e. The van der Waals surface area contributed by atoms with E-state index in [-0.39, 0.29) is 23.8 Å². The minimum atomic E-state index is -0.857. The second-order valence-electron chi connectivity index (χ2n) is 7.14. The van der Waals surface area contributed by atoms with Crippen molar-refractivity contribution in [1.82, 2.24) is 5.32 Å². The number of aliphatic carboxylic acids is 1. The van der Waals surface area contributed by atoms with Crippen LogP contribution in [0.3, 0.4) is 0 Å². The van der Waals surface area contributed by atoms with Crippen LogP contribution in [0.15, 0.2) is 0 Å². The molecule has 0 radical (unpaired) electrons. The molecular weight excluding hydrogens is 266 g/mol. The quantitative estimate of drug-likeness (QED) is 0.564. The monoisotopic (exact) mass is 299 g/mol. The van der Waals surface area contributed by atoms with E-state index < -0.39 is 5.97 Å². The highest BCUT2D eigenvalue weighted by molar-refractivity contribution is 5.77. The summed E-state index contributed by atoms with van der Waals surface area (Å²) in [7, 11) is 0. The molecule has 0 aliphatic rings. The van der Waals surface area contributed by atoms with Gasteiger partial charge in [-0.15, -0.1) is 0 Å². The van der Waals surface area contributed by atoms with Gasteiger partial charge in [-0.25, -0.2) is 0 Å². The van der Waals surface area contributed by atoms with E-state index >= 15 is 0 Å². The summed E-state index contributed by atoms with van der Waals surface area (Å²) in [5, 5.41) is 11.8. The lowest BCUT2D eigenvalue weighted by molar-refractivity contribution is -0.137. The molecule has 4 heteroatoms. The topological polar surface area (TPSA) is 66.4 Å². The maximum atomic E-state index is 11.9. The summed E-state index contributed by atoms with van der Waals surface area (Å²) in [6, 6.07) is -0.268. The largest absolute Gasteiger partial charge is 0.481 e. The Bertz CT molecular complexity index is 308. The van der Waals surface area contributed by atoms with E-state index in [1.165, 1.54) is 25.7 Å². The molecule has 0 aromatic heterocycles. The van der Waals surface area contributed by atoms with Crippen LogP contribution in [0.5, 0.6) is 0 Å². The Morgan fingerprint density at radius 3 is 2.14 bits per heavy atom. The van der Waals surface area contributed by atoms with Gasteiger partial charge in [-0.1, -0.05) is 59.8 Å². The molecule has 0 rings (SSSR count). The molecule has 0 spiro atoms. The molecule has 0 saturated carbocycles. The Kier molecular flexibility index (Phi) is 10.1. The molecule has 124 valence electrons. The number of carbonyl (C=O) groups is 2. The maximum absolute atomic E-state index is 11.9. The van der Waals surface area contributed by atoms with Crippen LogP contribution in [-0.2, 0) is 9.59 Å². The zero-order valence-corrected chi connectivity index (χ0v) is 14.2.